The van der Waals surface area contributed by atoms with E-state index < -0.39 is 11.7 Å². The molecule has 0 aliphatic rings. The van der Waals surface area contributed by atoms with Crippen LogP contribution in [0.15, 0.2) is 23.4 Å². The molecule has 2 nitrogen and oxygen atoms in total. The van der Waals surface area contributed by atoms with E-state index in [9.17, 15) is 13.2 Å². The van der Waals surface area contributed by atoms with E-state index in [4.69, 9.17) is 0 Å². The molecule has 0 saturated carbocycles. The highest BCUT2D eigenvalue weighted by Gasteiger charge is 2.30. The summed E-state index contributed by atoms with van der Waals surface area (Å²) in [6, 6.07) is 2.50. The van der Waals surface area contributed by atoms with Crippen molar-refractivity contribution >= 4 is 11.8 Å². The van der Waals surface area contributed by atoms with Crippen molar-refractivity contribution in [3.63, 3.8) is 0 Å². The molecule has 0 saturated heterocycles. The zero-order valence-electron chi connectivity index (χ0n) is 11.7. The Morgan fingerprint density at radius 2 is 1.95 bits per heavy atom. The number of rotatable bonds is 9. The minimum absolute atomic E-state index is 0.630. The first-order valence-corrected chi connectivity index (χ1v) is 7.89. The molecule has 0 bridgehead atoms. The minimum Gasteiger partial charge on any atom is -0.316 e. The second-order valence-electron chi connectivity index (χ2n) is 4.54. The molecule has 0 aromatic carbocycles. The molecule has 0 spiro atoms. The number of nitrogens with one attached hydrogen (secondary N) is 1. The van der Waals surface area contributed by atoms with Gasteiger partial charge < -0.3 is 5.32 Å². The van der Waals surface area contributed by atoms with Crippen molar-refractivity contribution in [2.24, 2.45) is 0 Å². The van der Waals surface area contributed by atoms with Crippen LogP contribution in [0.5, 0.6) is 0 Å². The van der Waals surface area contributed by atoms with Crippen LogP contribution in [0.3, 0.4) is 0 Å². The van der Waals surface area contributed by atoms with E-state index in [2.05, 4.69) is 17.2 Å². The van der Waals surface area contributed by atoms with Crippen LogP contribution in [0, 0.1) is 0 Å². The highest BCUT2D eigenvalue weighted by atomic mass is 32.2. The lowest BCUT2D eigenvalue weighted by molar-refractivity contribution is -0.137. The van der Waals surface area contributed by atoms with Crippen LogP contribution in [0.4, 0.5) is 13.2 Å². The Morgan fingerprint density at radius 3 is 2.55 bits per heavy atom. The van der Waals surface area contributed by atoms with Crippen LogP contribution in [-0.4, -0.2) is 23.8 Å². The fourth-order valence-corrected chi connectivity index (χ4v) is 2.41. The summed E-state index contributed by atoms with van der Waals surface area (Å²) in [5, 5.41) is 3.95. The second-order valence-corrected chi connectivity index (χ2v) is 5.66. The quantitative estimate of drug-likeness (QED) is 0.542. The molecule has 1 aromatic rings. The Bertz CT molecular complexity index is 366. The van der Waals surface area contributed by atoms with Gasteiger partial charge in [-0.3, -0.25) is 0 Å². The molecule has 0 aliphatic heterocycles. The summed E-state index contributed by atoms with van der Waals surface area (Å²) in [7, 11) is 0. The maximum Gasteiger partial charge on any atom is 0.417 e. The molecule has 6 heteroatoms. The summed E-state index contributed by atoms with van der Waals surface area (Å²) < 4.78 is 37.0. The van der Waals surface area contributed by atoms with Gasteiger partial charge in [-0.05, 0) is 25.1 Å². The fourth-order valence-electron chi connectivity index (χ4n) is 1.66. The van der Waals surface area contributed by atoms with Gasteiger partial charge in [0.1, 0.15) is 0 Å². The molecule has 0 aliphatic carbocycles. The van der Waals surface area contributed by atoms with E-state index in [1.54, 1.807) is 0 Å². The van der Waals surface area contributed by atoms with Crippen molar-refractivity contribution in [1.82, 2.24) is 10.3 Å². The van der Waals surface area contributed by atoms with Gasteiger partial charge in [-0.25, -0.2) is 4.98 Å². The summed E-state index contributed by atoms with van der Waals surface area (Å²) in [4.78, 5) is 3.82. The summed E-state index contributed by atoms with van der Waals surface area (Å²) in [6.07, 6.45) is 1.51. The first-order chi connectivity index (χ1) is 9.54. The van der Waals surface area contributed by atoms with Crippen molar-refractivity contribution < 1.29 is 13.2 Å². The molecule has 0 amide bonds. The number of alkyl halides is 3. The average Bonchev–Trinajstić information content (AvgIpc) is 2.41. The van der Waals surface area contributed by atoms with Crippen LogP contribution < -0.4 is 5.32 Å². The summed E-state index contributed by atoms with van der Waals surface area (Å²) in [5.74, 6) is 0.812. The normalized spacial score (nSPS) is 11.8. The van der Waals surface area contributed by atoms with Gasteiger partial charge in [0.2, 0.25) is 0 Å². The van der Waals surface area contributed by atoms with Crippen molar-refractivity contribution in [1.29, 1.82) is 0 Å². The summed E-state index contributed by atoms with van der Waals surface area (Å²) >= 11 is 1.47. The smallest absolute Gasteiger partial charge is 0.316 e. The Balaban J connectivity index is 2.13. The number of nitrogens with zero attached hydrogens (tertiary/aromatic N) is 1. The molecular formula is C14H21F3N2S. The SMILES string of the molecule is CCCCCCNCCSc1ccc(C(F)(F)F)cn1. The van der Waals surface area contributed by atoms with Crippen LogP contribution >= 0.6 is 11.8 Å². The predicted molar refractivity (Wildman–Crippen MR) is 77.0 cm³/mol. The number of halogens is 3. The second kappa shape index (κ2) is 9.23. The zero-order valence-corrected chi connectivity index (χ0v) is 12.5. The molecule has 20 heavy (non-hydrogen) atoms. The van der Waals surface area contributed by atoms with Gasteiger partial charge in [-0.15, -0.1) is 11.8 Å². The number of hydrogen-bond donors (Lipinski definition) is 1. The Morgan fingerprint density at radius 1 is 1.15 bits per heavy atom. The lowest BCUT2D eigenvalue weighted by Gasteiger charge is -2.07. The van der Waals surface area contributed by atoms with Crippen LogP contribution in [0.2, 0.25) is 0 Å². The zero-order chi connectivity index (χ0) is 14.8. The summed E-state index contributed by atoms with van der Waals surface area (Å²) in [6.45, 7) is 4.03. The van der Waals surface area contributed by atoms with E-state index in [-0.39, 0.29) is 0 Å². The number of hydrogen-bond acceptors (Lipinski definition) is 3. The molecule has 1 heterocycles. The van der Waals surface area contributed by atoms with Crippen molar-refractivity contribution in [3.8, 4) is 0 Å². The van der Waals surface area contributed by atoms with E-state index in [1.807, 2.05) is 0 Å². The Labute approximate surface area is 122 Å². The number of unbranched alkanes of at least 4 members (excludes halogenated alkanes) is 3. The van der Waals surface area contributed by atoms with Crippen molar-refractivity contribution in [3.05, 3.63) is 23.9 Å². The maximum absolute atomic E-state index is 12.3. The third-order valence-electron chi connectivity index (χ3n) is 2.80. The predicted octanol–water partition coefficient (Wildman–Crippen LogP) is 4.36. The molecule has 0 radical (unpaired) electrons. The number of aromatic nitrogens is 1. The van der Waals surface area contributed by atoms with Crippen LogP contribution in [-0.2, 0) is 6.18 Å². The van der Waals surface area contributed by atoms with Crippen LogP contribution in [0.1, 0.15) is 38.2 Å². The minimum atomic E-state index is -4.31. The molecule has 1 N–H and O–H groups in total. The summed E-state index contributed by atoms with van der Waals surface area (Å²) in [5.41, 5.74) is -0.698. The lowest BCUT2D eigenvalue weighted by atomic mass is 10.2. The van der Waals surface area contributed by atoms with Gasteiger partial charge in [0.25, 0.3) is 0 Å². The van der Waals surface area contributed by atoms with E-state index in [0.717, 1.165) is 31.1 Å². The first kappa shape index (κ1) is 17.3. The number of thioether (sulfide) groups is 1. The van der Waals surface area contributed by atoms with Gasteiger partial charge in [-0.2, -0.15) is 13.2 Å². The Hall–Kier alpha value is -0.750. The standard InChI is InChI=1S/C14H21F3N2S/c1-2-3-4-5-8-18-9-10-20-13-7-6-12(11-19-13)14(15,16)17/h6-7,11,18H,2-5,8-10H2,1H3. The van der Waals surface area contributed by atoms with E-state index in [1.165, 1.54) is 43.5 Å². The van der Waals surface area contributed by atoms with Gasteiger partial charge in [0.15, 0.2) is 0 Å². The van der Waals surface area contributed by atoms with Gasteiger partial charge in [-0.1, -0.05) is 26.2 Å². The van der Waals surface area contributed by atoms with Gasteiger partial charge >= 0.3 is 6.18 Å². The van der Waals surface area contributed by atoms with Crippen molar-refractivity contribution in [2.45, 2.75) is 43.8 Å². The monoisotopic (exact) mass is 306 g/mol. The van der Waals surface area contributed by atoms with Crippen molar-refractivity contribution in [2.75, 3.05) is 18.8 Å². The van der Waals surface area contributed by atoms with E-state index in [0.29, 0.717) is 5.03 Å². The topological polar surface area (TPSA) is 24.9 Å². The number of pyridine rings is 1. The molecule has 114 valence electrons. The average molecular weight is 306 g/mol. The maximum atomic E-state index is 12.3. The first-order valence-electron chi connectivity index (χ1n) is 6.91. The highest BCUT2D eigenvalue weighted by molar-refractivity contribution is 7.99. The molecule has 1 rings (SSSR count). The lowest BCUT2D eigenvalue weighted by Crippen LogP contribution is -2.18. The highest BCUT2D eigenvalue weighted by Crippen LogP contribution is 2.29. The third kappa shape index (κ3) is 7.14. The van der Waals surface area contributed by atoms with E-state index >= 15 is 0 Å². The van der Waals surface area contributed by atoms with Gasteiger partial charge in [0.05, 0.1) is 10.6 Å². The Kier molecular flexibility index (Phi) is 7.99. The third-order valence-corrected chi connectivity index (χ3v) is 3.75. The fraction of sp³-hybridized carbons (Fsp3) is 0.643. The molecule has 1 aromatic heterocycles. The largest absolute Gasteiger partial charge is 0.417 e. The van der Waals surface area contributed by atoms with Gasteiger partial charge in [0, 0.05) is 18.5 Å². The molecule has 0 fully saturated rings. The molecular weight excluding hydrogens is 285 g/mol. The molecule has 0 atom stereocenters. The van der Waals surface area contributed by atoms with Crippen LogP contribution in [0.25, 0.3) is 0 Å². The molecule has 0 unspecified atom stereocenters.